The van der Waals surface area contributed by atoms with Crippen molar-refractivity contribution in [3.8, 4) is 5.75 Å². The molecule has 1 aliphatic rings. The van der Waals surface area contributed by atoms with Gasteiger partial charge in [-0.1, -0.05) is 54.6 Å². The number of benzene rings is 3. The molecule has 0 radical (unpaired) electrons. The number of anilines is 1. The second-order valence-corrected chi connectivity index (χ2v) is 7.76. The summed E-state index contributed by atoms with van der Waals surface area (Å²) in [7, 11) is 0. The Kier molecular flexibility index (Phi) is 5.62. The number of furan rings is 1. The molecule has 1 atom stereocenters. The van der Waals surface area contributed by atoms with Crippen LogP contribution in [0.1, 0.15) is 33.4 Å². The van der Waals surface area contributed by atoms with Gasteiger partial charge in [-0.05, 0) is 47.5 Å². The van der Waals surface area contributed by atoms with Crippen molar-refractivity contribution in [2.24, 2.45) is 0 Å². The van der Waals surface area contributed by atoms with E-state index in [0.29, 0.717) is 18.7 Å². The summed E-state index contributed by atoms with van der Waals surface area (Å²) in [5, 5.41) is 3.51. The third-order valence-electron chi connectivity index (χ3n) is 5.63. The van der Waals surface area contributed by atoms with E-state index in [0.717, 1.165) is 29.2 Å². The highest BCUT2D eigenvalue weighted by Gasteiger charge is 2.33. The first-order valence-corrected chi connectivity index (χ1v) is 10.7. The molecular formula is C27H24N2O3. The van der Waals surface area contributed by atoms with Crippen LogP contribution in [-0.2, 0) is 13.0 Å². The van der Waals surface area contributed by atoms with E-state index >= 15 is 0 Å². The Labute approximate surface area is 187 Å². The molecule has 160 valence electrons. The van der Waals surface area contributed by atoms with Gasteiger partial charge in [0, 0.05) is 12.1 Å². The maximum Gasteiger partial charge on any atom is 0.258 e. The average molecular weight is 425 g/mol. The maximum atomic E-state index is 13.3. The monoisotopic (exact) mass is 424 g/mol. The highest BCUT2D eigenvalue weighted by atomic mass is 16.5. The Morgan fingerprint density at radius 2 is 1.66 bits per heavy atom. The minimum absolute atomic E-state index is 0.0241. The highest BCUT2D eigenvalue weighted by Crippen LogP contribution is 2.34. The van der Waals surface area contributed by atoms with E-state index in [-0.39, 0.29) is 12.1 Å². The smallest absolute Gasteiger partial charge is 0.258 e. The molecule has 3 aromatic carbocycles. The van der Waals surface area contributed by atoms with Crippen LogP contribution in [0.15, 0.2) is 102 Å². The van der Waals surface area contributed by atoms with Crippen LogP contribution in [0.5, 0.6) is 5.75 Å². The third-order valence-corrected chi connectivity index (χ3v) is 5.63. The van der Waals surface area contributed by atoms with Crippen LogP contribution < -0.4 is 10.1 Å². The molecular weight excluding hydrogens is 400 g/mol. The largest absolute Gasteiger partial charge is 0.493 e. The zero-order valence-electron chi connectivity index (χ0n) is 17.6. The van der Waals surface area contributed by atoms with Crippen molar-refractivity contribution in [3.05, 3.63) is 120 Å². The number of carbonyl (C=O) groups excluding carboxylic acids is 1. The molecule has 0 aliphatic carbocycles. The lowest BCUT2D eigenvalue weighted by atomic mass is 10.0. The Balaban J connectivity index is 1.33. The van der Waals surface area contributed by atoms with Crippen LogP contribution in [0.25, 0.3) is 0 Å². The van der Waals surface area contributed by atoms with Crippen molar-refractivity contribution in [1.29, 1.82) is 0 Å². The van der Waals surface area contributed by atoms with Crippen molar-refractivity contribution in [2.75, 3.05) is 11.9 Å². The van der Waals surface area contributed by atoms with Crippen molar-refractivity contribution < 1.29 is 13.9 Å². The minimum atomic E-state index is -0.305. The number of amides is 1. The zero-order chi connectivity index (χ0) is 21.8. The van der Waals surface area contributed by atoms with Crippen LogP contribution in [0.3, 0.4) is 0 Å². The predicted molar refractivity (Wildman–Crippen MR) is 123 cm³/mol. The summed E-state index contributed by atoms with van der Waals surface area (Å²) in [5.41, 5.74) is 3.73. The van der Waals surface area contributed by atoms with E-state index in [1.165, 1.54) is 5.56 Å². The lowest BCUT2D eigenvalue weighted by molar-refractivity contribution is 0.0651. The molecule has 32 heavy (non-hydrogen) atoms. The van der Waals surface area contributed by atoms with Gasteiger partial charge in [-0.3, -0.25) is 4.79 Å². The Morgan fingerprint density at radius 3 is 2.44 bits per heavy atom. The molecule has 5 nitrogen and oxygen atoms in total. The van der Waals surface area contributed by atoms with Gasteiger partial charge in [0.2, 0.25) is 0 Å². The van der Waals surface area contributed by atoms with E-state index in [2.05, 4.69) is 17.4 Å². The van der Waals surface area contributed by atoms with Crippen LogP contribution in [0, 0.1) is 0 Å². The van der Waals surface area contributed by atoms with Crippen LogP contribution >= 0.6 is 0 Å². The van der Waals surface area contributed by atoms with Crippen molar-refractivity contribution in [3.63, 3.8) is 0 Å². The lowest BCUT2D eigenvalue weighted by Crippen LogP contribution is -2.42. The number of rotatable bonds is 7. The van der Waals surface area contributed by atoms with Crippen molar-refractivity contribution >= 4 is 11.6 Å². The maximum absolute atomic E-state index is 13.3. The predicted octanol–water partition coefficient (Wildman–Crippen LogP) is 5.67. The molecule has 5 heteroatoms. The van der Waals surface area contributed by atoms with Crippen molar-refractivity contribution in [1.82, 2.24) is 4.90 Å². The minimum Gasteiger partial charge on any atom is -0.493 e. The Bertz CT molecular complexity index is 1170. The summed E-state index contributed by atoms with van der Waals surface area (Å²) in [4.78, 5) is 15.1. The van der Waals surface area contributed by atoms with E-state index in [9.17, 15) is 4.79 Å². The first-order valence-electron chi connectivity index (χ1n) is 10.7. The van der Waals surface area contributed by atoms with Gasteiger partial charge < -0.3 is 19.4 Å². The van der Waals surface area contributed by atoms with Crippen LogP contribution in [0.2, 0.25) is 0 Å². The number of carbonyl (C=O) groups is 1. The molecule has 2 heterocycles. The number of para-hydroxylation sites is 1. The van der Waals surface area contributed by atoms with Crippen LogP contribution in [-0.4, -0.2) is 17.4 Å². The quantitative estimate of drug-likeness (QED) is 0.415. The SMILES string of the molecule is O=C1c2ccccc2NC(c2ccc(OCCc3ccccc3)cc2)N1Cc1ccco1. The summed E-state index contributed by atoms with van der Waals surface area (Å²) >= 11 is 0. The molecule has 0 spiro atoms. The van der Waals surface area contributed by atoms with Gasteiger partial charge in [0.25, 0.3) is 5.91 Å². The summed E-state index contributed by atoms with van der Waals surface area (Å²) in [6, 6.07) is 29.5. The second kappa shape index (κ2) is 9.02. The molecule has 0 fully saturated rings. The Morgan fingerprint density at radius 1 is 0.875 bits per heavy atom. The van der Waals surface area contributed by atoms with Crippen LogP contribution in [0.4, 0.5) is 5.69 Å². The van der Waals surface area contributed by atoms with E-state index in [4.69, 9.17) is 9.15 Å². The zero-order valence-corrected chi connectivity index (χ0v) is 17.6. The number of nitrogens with zero attached hydrogens (tertiary/aromatic N) is 1. The molecule has 1 unspecified atom stereocenters. The molecule has 0 saturated heterocycles. The van der Waals surface area contributed by atoms with Gasteiger partial charge in [-0.25, -0.2) is 0 Å². The van der Waals surface area contributed by atoms with Crippen molar-refractivity contribution in [2.45, 2.75) is 19.1 Å². The molecule has 1 aliphatic heterocycles. The summed E-state index contributed by atoms with van der Waals surface area (Å²) in [6.45, 7) is 0.995. The molecule has 1 amide bonds. The number of fused-ring (bicyclic) bond motifs is 1. The first-order chi connectivity index (χ1) is 15.8. The Hall–Kier alpha value is -3.99. The third kappa shape index (κ3) is 4.23. The molecule has 0 bridgehead atoms. The molecule has 4 aromatic rings. The fourth-order valence-electron chi connectivity index (χ4n) is 3.97. The highest BCUT2D eigenvalue weighted by molar-refractivity contribution is 6.01. The standard InChI is InChI=1S/C27H24N2O3/c30-27-24-10-4-5-11-25(24)28-26(29(27)19-23-9-6-17-31-23)21-12-14-22(15-13-21)32-18-16-20-7-2-1-3-8-20/h1-15,17,26,28H,16,18-19H2. The molecule has 1 aromatic heterocycles. The van der Waals surface area contributed by atoms with Gasteiger partial charge in [-0.2, -0.15) is 0 Å². The van der Waals surface area contributed by atoms with Gasteiger partial charge in [0.05, 0.1) is 25.0 Å². The van der Waals surface area contributed by atoms with Gasteiger partial charge in [0.15, 0.2) is 0 Å². The second-order valence-electron chi connectivity index (χ2n) is 7.76. The summed E-state index contributed by atoms with van der Waals surface area (Å²) < 4.78 is 11.4. The van der Waals surface area contributed by atoms with E-state index < -0.39 is 0 Å². The number of hydrogen-bond acceptors (Lipinski definition) is 4. The lowest BCUT2D eigenvalue weighted by Gasteiger charge is -2.37. The van der Waals surface area contributed by atoms with Gasteiger partial charge in [-0.15, -0.1) is 0 Å². The first kappa shape index (κ1) is 19.9. The summed E-state index contributed by atoms with van der Waals surface area (Å²) in [6.07, 6.45) is 2.18. The molecule has 0 saturated carbocycles. The van der Waals surface area contributed by atoms with E-state index in [1.54, 1.807) is 11.2 Å². The number of nitrogens with one attached hydrogen (secondary N) is 1. The average Bonchev–Trinajstić information content (AvgIpc) is 3.35. The molecule has 5 rings (SSSR count). The topological polar surface area (TPSA) is 54.7 Å². The normalized spacial score (nSPS) is 15.2. The number of ether oxygens (including phenoxy) is 1. The van der Waals surface area contributed by atoms with Gasteiger partial charge in [0.1, 0.15) is 17.7 Å². The van der Waals surface area contributed by atoms with E-state index in [1.807, 2.05) is 78.9 Å². The summed E-state index contributed by atoms with van der Waals surface area (Å²) in [5.74, 6) is 1.53. The fourth-order valence-corrected chi connectivity index (χ4v) is 3.97. The van der Waals surface area contributed by atoms with Gasteiger partial charge >= 0.3 is 0 Å². The molecule has 1 N–H and O–H groups in total. The fraction of sp³-hybridized carbons (Fsp3) is 0.148. The number of hydrogen-bond donors (Lipinski definition) is 1.